The third-order valence-electron chi connectivity index (χ3n) is 3.69. The van der Waals surface area contributed by atoms with Gasteiger partial charge in [-0.05, 0) is 37.0 Å². The van der Waals surface area contributed by atoms with Gasteiger partial charge in [0.15, 0.2) is 0 Å². The minimum Gasteiger partial charge on any atom is -0.399 e. The number of amides is 1. The van der Waals surface area contributed by atoms with Crippen molar-refractivity contribution in [2.45, 2.75) is 18.4 Å². The maximum absolute atomic E-state index is 12.1. The fourth-order valence-corrected chi connectivity index (χ4v) is 2.49. The molecule has 2 fully saturated rings. The van der Waals surface area contributed by atoms with Crippen LogP contribution < -0.4 is 5.73 Å². The van der Waals surface area contributed by atoms with Crippen molar-refractivity contribution in [2.24, 2.45) is 5.92 Å². The number of hydrogen-bond donors (Lipinski definition) is 2. The highest BCUT2D eigenvalue weighted by Crippen LogP contribution is 2.44. The van der Waals surface area contributed by atoms with Crippen LogP contribution in [-0.2, 0) is 0 Å². The van der Waals surface area contributed by atoms with Crippen molar-refractivity contribution in [3.63, 3.8) is 0 Å². The van der Waals surface area contributed by atoms with Gasteiger partial charge in [-0.1, -0.05) is 6.07 Å². The third kappa shape index (κ3) is 1.78. The predicted octanol–water partition coefficient (Wildman–Crippen LogP) is 0.866. The minimum atomic E-state index is -0.615. The van der Waals surface area contributed by atoms with Crippen molar-refractivity contribution in [1.82, 2.24) is 4.90 Å². The Balaban J connectivity index is 1.69. The number of hydrogen-bond acceptors (Lipinski definition) is 3. The van der Waals surface area contributed by atoms with Crippen molar-refractivity contribution < 1.29 is 9.90 Å². The van der Waals surface area contributed by atoms with Gasteiger partial charge in [-0.25, -0.2) is 0 Å². The van der Waals surface area contributed by atoms with Crippen molar-refractivity contribution in [2.75, 3.05) is 18.8 Å². The largest absolute Gasteiger partial charge is 0.399 e. The van der Waals surface area contributed by atoms with Gasteiger partial charge in [0.1, 0.15) is 5.60 Å². The number of nitrogens with zero attached hydrogens (tertiary/aromatic N) is 1. The molecule has 4 nitrogen and oxygen atoms in total. The average molecular weight is 232 g/mol. The van der Waals surface area contributed by atoms with E-state index in [0.717, 1.165) is 12.8 Å². The van der Waals surface area contributed by atoms with E-state index in [1.807, 2.05) is 0 Å². The van der Waals surface area contributed by atoms with E-state index in [2.05, 4.69) is 0 Å². The molecule has 0 atom stereocenters. The molecule has 0 bridgehead atoms. The molecule has 1 saturated carbocycles. The maximum Gasteiger partial charge on any atom is 0.254 e. The number of rotatable bonds is 2. The van der Waals surface area contributed by atoms with Crippen molar-refractivity contribution in [1.29, 1.82) is 0 Å². The Morgan fingerprint density at radius 2 is 2.12 bits per heavy atom. The molecule has 0 unspecified atom stereocenters. The Hall–Kier alpha value is -1.55. The predicted molar refractivity (Wildman–Crippen MR) is 64.4 cm³/mol. The van der Waals surface area contributed by atoms with Crippen LogP contribution >= 0.6 is 0 Å². The molecule has 0 aromatic heterocycles. The second kappa shape index (κ2) is 3.47. The SMILES string of the molecule is Nc1cccc(C(=O)N2CC(O)(C3CC3)C2)c1. The molecule has 3 rings (SSSR count). The molecule has 0 spiro atoms. The van der Waals surface area contributed by atoms with E-state index in [1.165, 1.54) is 0 Å². The summed E-state index contributed by atoms with van der Waals surface area (Å²) in [5, 5.41) is 10.2. The fourth-order valence-electron chi connectivity index (χ4n) is 2.49. The zero-order valence-electron chi connectivity index (χ0n) is 9.60. The van der Waals surface area contributed by atoms with E-state index < -0.39 is 5.60 Å². The van der Waals surface area contributed by atoms with Crippen LogP contribution in [0.5, 0.6) is 0 Å². The van der Waals surface area contributed by atoms with Crippen molar-refractivity contribution in [3.8, 4) is 0 Å². The van der Waals surface area contributed by atoms with Gasteiger partial charge in [0.2, 0.25) is 0 Å². The van der Waals surface area contributed by atoms with E-state index in [1.54, 1.807) is 29.2 Å². The lowest BCUT2D eigenvalue weighted by Gasteiger charge is -2.47. The first-order valence-corrected chi connectivity index (χ1v) is 5.96. The van der Waals surface area contributed by atoms with E-state index in [9.17, 15) is 9.90 Å². The van der Waals surface area contributed by atoms with Crippen LogP contribution in [0.2, 0.25) is 0 Å². The smallest absolute Gasteiger partial charge is 0.254 e. The number of β-amino-alcohol motifs (C(OH)–C–C–N with tert-alkyl or cyclic N) is 1. The van der Waals surface area contributed by atoms with Crippen LogP contribution in [0, 0.1) is 5.92 Å². The van der Waals surface area contributed by atoms with Gasteiger partial charge in [0.25, 0.3) is 5.91 Å². The van der Waals surface area contributed by atoms with Gasteiger partial charge in [-0.2, -0.15) is 0 Å². The van der Waals surface area contributed by atoms with Gasteiger partial charge in [0.05, 0.1) is 13.1 Å². The molecule has 1 aliphatic heterocycles. The first kappa shape index (κ1) is 10.6. The quantitative estimate of drug-likeness (QED) is 0.743. The second-order valence-electron chi connectivity index (χ2n) is 5.16. The molecular formula is C13H16N2O2. The highest BCUT2D eigenvalue weighted by Gasteiger charge is 2.53. The second-order valence-corrected chi connectivity index (χ2v) is 5.16. The Morgan fingerprint density at radius 1 is 1.41 bits per heavy atom. The molecule has 17 heavy (non-hydrogen) atoms. The van der Waals surface area contributed by atoms with Gasteiger partial charge in [0, 0.05) is 11.3 Å². The van der Waals surface area contributed by atoms with E-state index in [4.69, 9.17) is 5.73 Å². The Labute approximate surface area is 100 Å². The summed E-state index contributed by atoms with van der Waals surface area (Å²) in [6.45, 7) is 0.927. The van der Waals surface area contributed by atoms with E-state index >= 15 is 0 Å². The first-order chi connectivity index (χ1) is 8.08. The number of nitrogens with two attached hydrogens (primary N) is 1. The first-order valence-electron chi connectivity index (χ1n) is 5.96. The molecule has 1 heterocycles. The summed E-state index contributed by atoms with van der Waals surface area (Å²) in [6.07, 6.45) is 2.19. The summed E-state index contributed by atoms with van der Waals surface area (Å²) < 4.78 is 0. The van der Waals surface area contributed by atoms with Crippen LogP contribution in [0.15, 0.2) is 24.3 Å². The van der Waals surface area contributed by atoms with Gasteiger partial charge < -0.3 is 15.7 Å². The Morgan fingerprint density at radius 3 is 2.71 bits per heavy atom. The molecule has 1 aromatic rings. The summed E-state index contributed by atoms with van der Waals surface area (Å²) in [7, 11) is 0. The molecular weight excluding hydrogens is 216 g/mol. The Bertz CT molecular complexity index is 462. The number of benzene rings is 1. The molecule has 1 amide bonds. The fraction of sp³-hybridized carbons (Fsp3) is 0.462. The number of carbonyl (C=O) groups is 1. The molecule has 1 aromatic carbocycles. The lowest BCUT2D eigenvalue weighted by molar-refractivity contribution is -0.0958. The summed E-state index contributed by atoms with van der Waals surface area (Å²) in [6, 6.07) is 6.97. The number of aliphatic hydroxyl groups is 1. The number of carbonyl (C=O) groups excluding carboxylic acids is 1. The van der Waals surface area contributed by atoms with Gasteiger partial charge >= 0.3 is 0 Å². The third-order valence-corrected chi connectivity index (χ3v) is 3.69. The molecule has 3 N–H and O–H groups in total. The standard InChI is InChI=1S/C13H16N2O2/c14-11-3-1-2-9(6-11)12(16)15-7-13(17,8-15)10-4-5-10/h1-3,6,10,17H,4-5,7-8,14H2. The lowest BCUT2D eigenvalue weighted by atomic mass is 9.88. The summed E-state index contributed by atoms with van der Waals surface area (Å²) >= 11 is 0. The van der Waals surface area contributed by atoms with Crippen LogP contribution in [0.1, 0.15) is 23.2 Å². The minimum absolute atomic E-state index is 0.0392. The molecule has 2 aliphatic rings. The van der Waals surface area contributed by atoms with Crippen molar-refractivity contribution >= 4 is 11.6 Å². The molecule has 4 heteroatoms. The van der Waals surface area contributed by atoms with Crippen LogP contribution in [0.3, 0.4) is 0 Å². The molecule has 1 aliphatic carbocycles. The van der Waals surface area contributed by atoms with Crippen LogP contribution in [-0.4, -0.2) is 34.6 Å². The summed E-state index contributed by atoms with van der Waals surface area (Å²) in [4.78, 5) is 13.8. The zero-order chi connectivity index (χ0) is 12.0. The highest BCUT2D eigenvalue weighted by atomic mass is 16.3. The average Bonchev–Trinajstić information content (AvgIpc) is 3.08. The molecule has 90 valence electrons. The monoisotopic (exact) mass is 232 g/mol. The van der Waals surface area contributed by atoms with E-state index in [-0.39, 0.29) is 5.91 Å². The van der Waals surface area contributed by atoms with Crippen LogP contribution in [0.25, 0.3) is 0 Å². The number of nitrogen functional groups attached to an aromatic ring is 1. The van der Waals surface area contributed by atoms with E-state index in [0.29, 0.717) is 30.3 Å². The summed E-state index contributed by atoms with van der Waals surface area (Å²) in [5.74, 6) is 0.370. The normalized spacial score (nSPS) is 22.1. The van der Waals surface area contributed by atoms with Crippen LogP contribution in [0.4, 0.5) is 5.69 Å². The zero-order valence-corrected chi connectivity index (χ0v) is 9.60. The number of anilines is 1. The number of likely N-dealkylation sites (tertiary alicyclic amines) is 1. The topological polar surface area (TPSA) is 66.6 Å². The highest BCUT2D eigenvalue weighted by molar-refractivity contribution is 5.95. The van der Waals surface area contributed by atoms with Gasteiger partial charge in [-0.3, -0.25) is 4.79 Å². The maximum atomic E-state index is 12.1. The Kier molecular flexibility index (Phi) is 2.16. The summed E-state index contributed by atoms with van der Waals surface area (Å²) in [5.41, 5.74) is 6.22. The van der Waals surface area contributed by atoms with Gasteiger partial charge in [-0.15, -0.1) is 0 Å². The van der Waals surface area contributed by atoms with Crippen molar-refractivity contribution in [3.05, 3.63) is 29.8 Å². The molecule has 0 radical (unpaired) electrons. The lowest BCUT2D eigenvalue weighted by Crippen LogP contribution is -2.64. The molecule has 1 saturated heterocycles.